The fraction of sp³-hybridized carbons (Fsp3) is 0.500. The summed E-state index contributed by atoms with van der Waals surface area (Å²) in [5, 5.41) is 23.5. The Balaban J connectivity index is 1.99. The predicted octanol–water partition coefficient (Wildman–Crippen LogP) is -0.651. The van der Waals surface area contributed by atoms with Gasteiger partial charge in [0.15, 0.2) is 0 Å². The molecule has 1 saturated heterocycles. The van der Waals surface area contributed by atoms with E-state index in [1.165, 1.54) is 6.33 Å². The molecule has 1 aliphatic rings. The number of nitrogens with zero attached hydrogens (tertiary/aromatic N) is 1. The van der Waals surface area contributed by atoms with Crippen LogP contribution in [0.15, 0.2) is 17.3 Å². The van der Waals surface area contributed by atoms with Crippen LogP contribution in [0.25, 0.3) is 11.0 Å². The first-order valence-corrected chi connectivity index (χ1v) is 7.68. The molecule has 0 aliphatic carbocycles. The Morgan fingerprint density at radius 3 is 2.90 bits per heavy atom. The molecule has 0 bridgehead atoms. The van der Waals surface area contributed by atoms with E-state index >= 15 is 0 Å². The number of hydrogen-bond acceptors (Lipinski definition) is 6. The second-order valence-electron chi connectivity index (χ2n) is 4.89. The molecule has 0 radical (unpaired) electrons. The Morgan fingerprint density at radius 1 is 1.35 bits per heavy atom. The zero-order valence-electron chi connectivity index (χ0n) is 10.8. The van der Waals surface area contributed by atoms with Crippen LogP contribution in [0.4, 0.5) is 0 Å². The van der Waals surface area contributed by atoms with Gasteiger partial charge in [-0.2, -0.15) is 11.8 Å². The van der Waals surface area contributed by atoms with E-state index in [9.17, 15) is 15.0 Å². The highest BCUT2D eigenvalue weighted by Gasteiger charge is 2.42. The van der Waals surface area contributed by atoms with E-state index in [1.54, 1.807) is 18.0 Å². The summed E-state index contributed by atoms with van der Waals surface area (Å²) in [6, 6.07) is -0.623. The first-order valence-electron chi connectivity index (χ1n) is 6.29. The Kier molecular flexibility index (Phi) is 3.55. The van der Waals surface area contributed by atoms with E-state index in [4.69, 9.17) is 0 Å². The average molecular weight is 296 g/mol. The van der Waals surface area contributed by atoms with Gasteiger partial charge in [0.05, 0.1) is 18.5 Å². The Bertz CT molecular complexity index is 670. The number of fused-ring (bicyclic) bond motifs is 1. The summed E-state index contributed by atoms with van der Waals surface area (Å²) in [5.74, 6) is 0.699. The lowest BCUT2D eigenvalue weighted by molar-refractivity contribution is 0.0308. The lowest BCUT2D eigenvalue weighted by atomic mass is 10.0. The molecule has 2 aromatic rings. The molecule has 0 amide bonds. The number of H-pyrrole nitrogens is 2. The zero-order chi connectivity index (χ0) is 14.3. The second-order valence-corrected chi connectivity index (χ2v) is 5.80. The summed E-state index contributed by atoms with van der Waals surface area (Å²) in [6.07, 6.45) is 3.17. The van der Waals surface area contributed by atoms with Crippen LogP contribution in [0.5, 0.6) is 0 Å². The third-order valence-electron chi connectivity index (χ3n) is 3.68. The second kappa shape index (κ2) is 5.21. The summed E-state index contributed by atoms with van der Waals surface area (Å²) < 4.78 is 0. The van der Waals surface area contributed by atoms with E-state index in [2.05, 4.69) is 20.3 Å². The van der Waals surface area contributed by atoms with Crippen LogP contribution < -0.4 is 10.9 Å². The number of hydrogen-bond donors (Lipinski definition) is 5. The lowest BCUT2D eigenvalue weighted by Gasteiger charge is -2.14. The maximum Gasteiger partial charge on any atom is 0.275 e. The molecule has 4 unspecified atom stereocenters. The number of aromatic nitrogens is 3. The number of rotatable bonds is 3. The lowest BCUT2D eigenvalue weighted by Crippen LogP contribution is -2.34. The standard InChI is InChI=1S/C12H16N4O3S/c1-20-3-6-10(17)11(18)8(16-6)5-2-13-9-7(5)14-4-15-12(9)19/h2,4,6,8,10-11,13,16-18H,3H2,1H3,(H,14,15,19). The molecule has 7 nitrogen and oxygen atoms in total. The molecule has 5 N–H and O–H groups in total. The normalized spacial score (nSPS) is 30.1. The number of thioether (sulfide) groups is 1. The SMILES string of the molecule is CSCC1NC(c2c[nH]c3c(=O)[nH]cnc23)C(O)C1O. The highest BCUT2D eigenvalue weighted by atomic mass is 32.2. The first kappa shape index (κ1) is 13.6. The Labute approximate surface area is 118 Å². The molecule has 8 heteroatoms. The number of aliphatic hydroxyl groups is 2. The smallest absolute Gasteiger partial charge is 0.275 e. The van der Waals surface area contributed by atoms with Gasteiger partial charge in [0, 0.05) is 23.6 Å². The average Bonchev–Trinajstić information content (AvgIpc) is 2.97. The summed E-state index contributed by atoms with van der Waals surface area (Å²) in [5.41, 5.74) is 1.33. The van der Waals surface area contributed by atoms with Crippen LogP contribution >= 0.6 is 11.8 Å². The highest BCUT2D eigenvalue weighted by Crippen LogP contribution is 2.31. The van der Waals surface area contributed by atoms with Gasteiger partial charge in [-0.25, -0.2) is 4.98 Å². The van der Waals surface area contributed by atoms with Gasteiger partial charge in [0.25, 0.3) is 5.56 Å². The first-order chi connectivity index (χ1) is 9.63. The summed E-state index contributed by atoms with van der Waals surface area (Å²) in [6.45, 7) is 0. The minimum atomic E-state index is -0.924. The van der Waals surface area contributed by atoms with Gasteiger partial charge in [-0.15, -0.1) is 0 Å². The largest absolute Gasteiger partial charge is 0.389 e. The summed E-state index contributed by atoms with van der Waals surface area (Å²) >= 11 is 1.60. The van der Waals surface area contributed by atoms with Crippen LogP contribution in [0, 0.1) is 0 Å². The molecule has 1 aliphatic heterocycles. The Hall–Kier alpha value is -1.35. The van der Waals surface area contributed by atoms with E-state index in [1.807, 2.05) is 6.26 Å². The zero-order valence-corrected chi connectivity index (χ0v) is 11.6. The van der Waals surface area contributed by atoms with Crippen molar-refractivity contribution in [3.8, 4) is 0 Å². The van der Waals surface area contributed by atoms with Gasteiger partial charge in [0.2, 0.25) is 0 Å². The molecule has 108 valence electrons. The molecule has 0 saturated carbocycles. The van der Waals surface area contributed by atoms with Gasteiger partial charge in [-0.1, -0.05) is 0 Å². The summed E-state index contributed by atoms with van der Waals surface area (Å²) in [7, 11) is 0. The monoisotopic (exact) mass is 296 g/mol. The molecule has 4 atom stereocenters. The number of aliphatic hydroxyl groups excluding tert-OH is 2. The quantitative estimate of drug-likeness (QED) is 0.514. The molecule has 3 rings (SSSR count). The molecule has 0 spiro atoms. The minimum absolute atomic E-state index is 0.183. The van der Waals surface area contributed by atoms with Crippen molar-refractivity contribution in [3.05, 3.63) is 28.4 Å². The molecule has 3 heterocycles. The number of nitrogens with one attached hydrogen (secondary N) is 3. The van der Waals surface area contributed by atoms with Crippen molar-refractivity contribution in [2.75, 3.05) is 12.0 Å². The molecule has 0 aromatic carbocycles. The van der Waals surface area contributed by atoms with Crippen molar-refractivity contribution in [3.63, 3.8) is 0 Å². The van der Waals surface area contributed by atoms with Crippen molar-refractivity contribution >= 4 is 22.8 Å². The van der Waals surface area contributed by atoms with Gasteiger partial charge in [-0.05, 0) is 6.26 Å². The molecule has 20 heavy (non-hydrogen) atoms. The van der Waals surface area contributed by atoms with Crippen LogP contribution in [0.3, 0.4) is 0 Å². The molecule has 1 fully saturated rings. The molecular formula is C12H16N4O3S. The fourth-order valence-corrected chi connectivity index (χ4v) is 3.32. The van der Waals surface area contributed by atoms with Crippen LogP contribution in [-0.4, -0.2) is 55.4 Å². The fourth-order valence-electron chi connectivity index (χ4n) is 2.67. The maximum atomic E-state index is 11.7. The summed E-state index contributed by atoms with van der Waals surface area (Å²) in [4.78, 5) is 21.2. The van der Waals surface area contributed by atoms with E-state index in [0.717, 1.165) is 0 Å². The highest BCUT2D eigenvalue weighted by molar-refractivity contribution is 7.98. The topological polar surface area (TPSA) is 114 Å². The van der Waals surface area contributed by atoms with Crippen molar-refractivity contribution in [1.29, 1.82) is 0 Å². The predicted molar refractivity (Wildman–Crippen MR) is 76.8 cm³/mol. The number of aromatic amines is 2. The minimum Gasteiger partial charge on any atom is -0.389 e. The molecule has 2 aromatic heterocycles. The van der Waals surface area contributed by atoms with Crippen molar-refractivity contribution in [1.82, 2.24) is 20.3 Å². The van der Waals surface area contributed by atoms with Crippen molar-refractivity contribution < 1.29 is 10.2 Å². The van der Waals surface area contributed by atoms with Gasteiger partial charge >= 0.3 is 0 Å². The third kappa shape index (κ3) is 2.05. The maximum absolute atomic E-state index is 11.7. The third-order valence-corrected chi connectivity index (χ3v) is 4.37. The van der Waals surface area contributed by atoms with Crippen molar-refractivity contribution in [2.45, 2.75) is 24.3 Å². The van der Waals surface area contributed by atoms with E-state index < -0.39 is 18.2 Å². The Morgan fingerprint density at radius 2 is 2.15 bits per heavy atom. The van der Waals surface area contributed by atoms with E-state index in [0.29, 0.717) is 22.3 Å². The van der Waals surface area contributed by atoms with Gasteiger partial charge < -0.3 is 25.5 Å². The van der Waals surface area contributed by atoms with E-state index in [-0.39, 0.29) is 11.6 Å². The van der Waals surface area contributed by atoms with Crippen molar-refractivity contribution in [2.24, 2.45) is 0 Å². The van der Waals surface area contributed by atoms with Crippen LogP contribution in [-0.2, 0) is 0 Å². The van der Waals surface area contributed by atoms with Crippen LogP contribution in [0.2, 0.25) is 0 Å². The van der Waals surface area contributed by atoms with Crippen LogP contribution in [0.1, 0.15) is 11.6 Å². The van der Waals surface area contributed by atoms with Gasteiger partial charge in [0.1, 0.15) is 17.1 Å². The van der Waals surface area contributed by atoms with Gasteiger partial charge in [-0.3, -0.25) is 4.79 Å². The molecular weight excluding hydrogens is 280 g/mol.